The molecule has 0 saturated heterocycles. The lowest BCUT2D eigenvalue weighted by atomic mass is 9.64. The molecule has 7 heteroatoms. The quantitative estimate of drug-likeness (QED) is 0.171. The maximum Gasteiger partial charge on any atom is 0.231 e. The summed E-state index contributed by atoms with van der Waals surface area (Å²) in [5, 5.41) is 1.82. The van der Waals surface area contributed by atoms with Crippen molar-refractivity contribution in [2.24, 2.45) is 0 Å². The van der Waals surface area contributed by atoms with E-state index in [-0.39, 0.29) is 0 Å². The van der Waals surface area contributed by atoms with Crippen LogP contribution in [0.4, 0.5) is 0 Å². The van der Waals surface area contributed by atoms with E-state index in [2.05, 4.69) is 78.9 Å². The summed E-state index contributed by atoms with van der Waals surface area (Å²) in [6.45, 7) is 0. The highest BCUT2D eigenvalue weighted by atomic mass is 16.5. The Bertz CT molecular complexity index is 3500. The van der Waals surface area contributed by atoms with Crippen LogP contribution in [0, 0.1) is 0 Å². The highest BCUT2D eigenvalue weighted by Crippen LogP contribution is 2.64. The molecule has 0 amide bonds. The number of fused-ring (bicyclic) bond motifs is 12. The van der Waals surface area contributed by atoms with Gasteiger partial charge in [-0.15, -0.1) is 0 Å². The summed E-state index contributed by atoms with van der Waals surface area (Å²) in [6, 6.07) is 68.5. The number of benzene rings is 8. The lowest BCUT2D eigenvalue weighted by molar-refractivity contribution is 0.436. The topological polar surface area (TPSA) is 86.8 Å². The maximum atomic E-state index is 6.80. The molecule has 294 valence electrons. The second-order valence-electron chi connectivity index (χ2n) is 15.9. The first-order valence-corrected chi connectivity index (χ1v) is 21.0. The fourth-order valence-corrected chi connectivity index (χ4v) is 9.77. The monoisotopic (exact) mass is 807 g/mol. The van der Waals surface area contributed by atoms with Crippen molar-refractivity contribution < 1.29 is 9.15 Å². The number of para-hydroxylation sites is 3. The fourth-order valence-electron chi connectivity index (χ4n) is 9.77. The molecule has 13 rings (SSSR count). The molecule has 0 saturated carbocycles. The molecule has 63 heavy (non-hydrogen) atoms. The highest BCUT2D eigenvalue weighted by molar-refractivity contribution is 6.12. The van der Waals surface area contributed by atoms with Crippen molar-refractivity contribution in [3.8, 4) is 79.4 Å². The van der Waals surface area contributed by atoms with Gasteiger partial charge in [-0.3, -0.25) is 0 Å². The van der Waals surface area contributed by atoms with Crippen LogP contribution in [0.3, 0.4) is 0 Å². The van der Waals surface area contributed by atoms with Gasteiger partial charge in [-0.1, -0.05) is 176 Å². The Morgan fingerprint density at radius 3 is 1.52 bits per heavy atom. The number of aromatic nitrogens is 5. The second-order valence-corrected chi connectivity index (χ2v) is 15.9. The Morgan fingerprint density at radius 2 is 0.889 bits per heavy atom. The van der Waals surface area contributed by atoms with Crippen LogP contribution in [-0.2, 0) is 5.41 Å². The van der Waals surface area contributed by atoms with Crippen molar-refractivity contribution in [3.63, 3.8) is 0 Å². The van der Waals surface area contributed by atoms with E-state index in [1.807, 2.05) is 121 Å². The number of rotatable bonds is 5. The smallest absolute Gasteiger partial charge is 0.231 e. The minimum atomic E-state index is -0.857. The van der Waals surface area contributed by atoms with Crippen LogP contribution in [0.2, 0.25) is 0 Å². The molecule has 0 N–H and O–H groups in total. The normalized spacial score (nSPS) is 13.0. The van der Waals surface area contributed by atoms with Crippen LogP contribution in [0.1, 0.15) is 22.3 Å². The van der Waals surface area contributed by atoms with E-state index in [0.29, 0.717) is 29.0 Å². The molecule has 1 aliphatic carbocycles. The lowest BCUT2D eigenvalue weighted by Crippen LogP contribution is -2.32. The molecule has 0 radical (unpaired) electrons. The first kappa shape index (κ1) is 35.2. The van der Waals surface area contributed by atoms with Gasteiger partial charge in [0.25, 0.3) is 0 Å². The van der Waals surface area contributed by atoms with E-state index in [9.17, 15) is 0 Å². The van der Waals surface area contributed by atoms with E-state index in [0.717, 1.165) is 94.7 Å². The highest BCUT2D eigenvalue weighted by Gasteiger charge is 2.52. The molecular formula is C56H33N5O2. The first-order chi connectivity index (χ1) is 31.2. The van der Waals surface area contributed by atoms with E-state index in [1.54, 1.807) is 0 Å². The van der Waals surface area contributed by atoms with Crippen LogP contribution >= 0.6 is 0 Å². The molecule has 0 atom stereocenters. The van der Waals surface area contributed by atoms with Gasteiger partial charge in [0.2, 0.25) is 5.71 Å². The summed E-state index contributed by atoms with van der Waals surface area (Å²) in [6.07, 6.45) is 0. The van der Waals surface area contributed by atoms with Crippen molar-refractivity contribution in [1.82, 2.24) is 24.9 Å². The molecule has 2 aliphatic rings. The minimum Gasteiger partial charge on any atom is -0.457 e. The zero-order valence-corrected chi connectivity index (χ0v) is 33.6. The molecule has 0 fully saturated rings. The van der Waals surface area contributed by atoms with E-state index >= 15 is 0 Å². The first-order valence-electron chi connectivity index (χ1n) is 21.0. The third-order valence-corrected chi connectivity index (χ3v) is 12.4. The third-order valence-electron chi connectivity index (χ3n) is 12.4. The number of hydrogen-bond acceptors (Lipinski definition) is 7. The van der Waals surface area contributed by atoms with Crippen molar-refractivity contribution in [2.45, 2.75) is 5.41 Å². The number of nitrogens with zero attached hydrogens (tertiary/aromatic N) is 5. The Labute approximate surface area is 362 Å². The van der Waals surface area contributed by atoms with Gasteiger partial charge in [-0.25, -0.2) is 19.9 Å². The summed E-state index contributed by atoms with van der Waals surface area (Å²) in [7, 11) is 0. The molecule has 0 unspecified atom stereocenters. The average molecular weight is 808 g/mol. The van der Waals surface area contributed by atoms with Gasteiger partial charge < -0.3 is 9.15 Å². The van der Waals surface area contributed by atoms with Crippen LogP contribution < -0.4 is 4.74 Å². The van der Waals surface area contributed by atoms with Crippen molar-refractivity contribution >= 4 is 22.1 Å². The molecule has 8 aromatic carbocycles. The van der Waals surface area contributed by atoms with E-state index in [4.69, 9.17) is 34.1 Å². The number of hydrogen-bond donors (Lipinski definition) is 0. The zero-order chi connectivity index (χ0) is 41.5. The molecule has 11 aromatic rings. The standard InChI is InChI=1S/C56H33N5O2/c1-4-17-34(18-5-1)51-57-50(48-40-23-10-13-28-45(40)63-55(48)61-51)41-25-16-24-39-38-32-31-37(54-59-52(35-19-6-2-7-20-35)58-53(60-54)36-21-8-3-9-22-36)33-44(38)56(49(39)41)42-26-11-14-29-46(42)62-47-30-15-12-27-43(47)56/h1-33H. The summed E-state index contributed by atoms with van der Waals surface area (Å²) in [5.74, 6) is 3.97. The van der Waals surface area contributed by atoms with Gasteiger partial charge in [-0.05, 0) is 46.5 Å². The average Bonchev–Trinajstić information content (AvgIpc) is 3.88. The molecule has 0 bridgehead atoms. The van der Waals surface area contributed by atoms with Gasteiger partial charge >= 0.3 is 0 Å². The minimum absolute atomic E-state index is 0.538. The Morgan fingerprint density at radius 1 is 0.365 bits per heavy atom. The molecule has 1 aliphatic heterocycles. The predicted molar refractivity (Wildman–Crippen MR) is 247 cm³/mol. The van der Waals surface area contributed by atoms with E-state index < -0.39 is 5.41 Å². The second kappa shape index (κ2) is 13.7. The molecule has 7 nitrogen and oxygen atoms in total. The summed E-state index contributed by atoms with van der Waals surface area (Å²) >= 11 is 0. The Hall–Kier alpha value is -8.55. The van der Waals surface area contributed by atoms with E-state index in [1.165, 1.54) is 0 Å². The van der Waals surface area contributed by atoms with Gasteiger partial charge in [0.1, 0.15) is 17.1 Å². The predicted octanol–water partition coefficient (Wildman–Crippen LogP) is 13.4. The van der Waals surface area contributed by atoms with Crippen LogP contribution in [-0.4, -0.2) is 24.9 Å². The zero-order valence-electron chi connectivity index (χ0n) is 33.6. The SMILES string of the molecule is c1ccc(-c2nc(-c3ccccc3)nc(-c3ccc4c(c3)C3(c5ccccc5Oc5ccccc53)c3c-4cccc3-c3nc(-c4ccccc4)nc4oc5ccccc5c34)n2)cc1. The largest absolute Gasteiger partial charge is 0.457 e. The Kier molecular flexibility index (Phi) is 7.68. The number of furan rings is 1. The molecule has 1 spiro atoms. The van der Waals surface area contributed by atoms with Gasteiger partial charge in [0, 0.05) is 44.3 Å². The summed E-state index contributed by atoms with van der Waals surface area (Å²) in [5.41, 5.74) is 12.3. The van der Waals surface area contributed by atoms with Crippen LogP contribution in [0.5, 0.6) is 11.5 Å². The van der Waals surface area contributed by atoms with Gasteiger partial charge in [-0.2, -0.15) is 4.98 Å². The van der Waals surface area contributed by atoms with Crippen molar-refractivity contribution in [3.05, 3.63) is 222 Å². The maximum absolute atomic E-state index is 6.80. The number of ether oxygens (including phenoxy) is 1. The van der Waals surface area contributed by atoms with Crippen LogP contribution in [0.15, 0.2) is 205 Å². The van der Waals surface area contributed by atoms with Gasteiger partial charge in [0.05, 0.1) is 16.5 Å². The summed E-state index contributed by atoms with van der Waals surface area (Å²) < 4.78 is 13.4. The molecule has 4 heterocycles. The summed E-state index contributed by atoms with van der Waals surface area (Å²) in [4.78, 5) is 25.9. The molecular weight excluding hydrogens is 775 g/mol. The Balaban J connectivity index is 1.13. The fraction of sp³-hybridized carbons (Fsp3) is 0.0179. The molecule has 3 aromatic heterocycles. The third kappa shape index (κ3) is 5.30. The van der Waals surface area contributed by atoms with Crippen molar-refractivity contribution in [2.75, 3.05) is 0 Å². The van der Waals surface area contributed by atoms with Crippen molar-refractivity contribution in [1.29, 1.82) is 0 Å². The lowest BCUT2D eigenvalue weighted by Gasteiger charge is -2.40. The van der Waals surface area contributed by atoms with Gasteiger partial charge in [0.15, 0.2) is 23.3 Å². The van der Waals surface area contributed by atoms with Crippen LogP contribution in [0.25, 0.3) is 90.0 Å².